The number of methoxy groups -OCH3 is 1. The Bertz CT molecular complexity index is 391. The minimum atomic E-state index is 0.710. The summed E-state index contributed by atoms with van der Waals surface area (Å²) in [6.45, 7) is 4.61. The fourth-order valence-corrected chi connectivity index (χ4v) is 2.13. The van der Waals surface area contributed by atoms with Crippen molar-refractivity contribution in [2.45, 2.75) is 32.4 Å². The lowest BCUT2D eigenvalue weighted by Gasteiger charge is -2.20. The average Bonchev–Trinajstić information content (AvgIpc) is 3.18. The molecule has 0 bridgehead atoms. The Kier molecular flexibility index (Phi) is 4.55. The van der Waals surface area contributed by atoms with Crippen molar-refractivity contribution in [3.63, 3.8) is 0 Å². The van der Waals surface area contributed by atoms with Gasteiger partial charge in [-0.3, -0.25) is 0 Å². The fraction of sp³-hybridized carbons (Fsp3) is 0.643. The second kappa shape index (κ2) is 6.16. The maximum absolute atomic E-state index is 5.00. The summed E-state index contributed by atoms with van der Waals surface area (Å²) in [4.78, 5) is 6.90. The highest BCUT2D eigenvalue weighted by molar-refractivity contribution is 5.48. The molecule has 4 nitrogen and oxygen atoms in total. The number of nitrogens with one attached hydrogen (secondary N) is 1. The van der Waals surface area contributed by atoms with Crippen molar-refractivity contribution in [1.29, 1.82) is 0 Å². The van der Waals surface area contributed by atoms with Crippen LogP contribution in [0, 0.1) is 6.92 Å². The number of aromatic nitrogens is 1. The Balaban J connectivity index is 1.92. The number of anilines is 1. The zero-order valence-electron chi connectivity index (χ0n) is 11.6. The summed E-state index contributed by atoms with van der Waals surface area (Å²) in [5.41, 5.74) is 2.49. The van der Waals surface area contributed by atoms with E-state index in [9.17, 15) is 0 Å². The van der Waals surface area contributed by atoms with Gasteiger partial charge in [-0.1, -0.05) is 0 Å². The molecule has 0 aliphatic heterocycles. The maximum atomic E-state index is 5.00. The van der Waals surface area contributed by atoms with Crippen LogP contribution >= 0.6 is 0 Å². The third-order valence-corrected chi connectivity index (χ3v) is 3.35. The number of ether oxygens (including phenoxy) is 1. The lowest BCUT2D eigenvalue weighted by atomic mass is 10.2. The highest BCUT2D eigenvalue weighted by atomic mass is 16.5. The molecule has 0 radical (unpaired) electrons. The van der Waals surface area contributed by atoms with Gasteiger partial charge in [-0.25, -0.2) is 4.98 Å². The molecule has 1 aliphatic carbocycles. The van der Waals surface area contributed by atoms with E-state index in [1.54, 1.807) is 7.11 Å². The minimum Gasteiger partial charge on any atom is -0.383 e. The van der Waals surface area contributed by atoms with Gasteiger partial charge >= 0.3 is 0 Å². The van der Waals surface area contributed by atoms with Crippen LogP contribution in [0.2, 0.25) is 0 Å². The van der Waals surface area contributed by atoms with Gasteiger partial charge in [-0.05, 0) is 37.0 Å². The number of nitrogens with zero attached hydrogens (tertiary/aromatic N) is 2. The van der Waals surface area contributed by atoms with Crippen LogP contribution in [0.1, 0.15) is 24.0 Å². The van der Waals surface area contributed by atoms with Crippen molar-refractivity contribution in [3.8, 4) is 0 Å². The van der Waals surface area contributed by atoms with Gasteiger partial charge in [-0.15, -0.1) is 0 Å². The molecule has 1 N–H and O–H groups in total. The molecule has 0 aromatic carbocycles. The summed E-state index contributed by atoms with van der Waals surface area (Å²) >= 11 is 0. The monoisotopic (exact) mass is 249 g/mol. The highest BCUT2D eigenvalue weighted by Gasteiger charge is 2.27. The molecule has 0 unspecified atom stereocenters. The van der Waals surface area contributed by atoms with E-state index in [2.05, 4.69) is 35.2 Å². The van der Waals surface area contributed by atoms with Gasteiger partial charge in [0.15, 0.2) is 0 Å². The summed E-state index contributed by atoms with van der Waals surface area (Å²) in [7, 11) is 3.86. The molecular formula is C14H23N3O. The second-order valence-corrected chi connectivity index (χ2v) is 5.00. The largest absolute Gasteiger partial charge is 0.383 e. The number of pyridine rings is 1. The number of hydrogen-bond donors (Lipinski definition) is 1. The van der Waals surface area contributed by atoms with Gasteiger partial charge in [0.1, 0.15) is 5.82 Å². The van der Waals surface area contributed by atoms with Crippen LogP contribution in [0.5, 0.6) is 0 Å². The van der Waals surface area contributed by atoms with Crippen LogP contribution in [0.25, 0.3) is 0 Å². The maximum Gasteiger partial charge on any atom is 0.131 e. The first-order valence-electron chi connectivity index (χ1n) is 6.60. The Labute approximate surface area is 109 Å². The predicted molar refractivity (Wildman–Crippen MR) is 74.0 cm³/mol. The molecule has 1 saturated carbocycles. The minimum absolute atomic E-state index is 0.710. The van der Waals surface area contributed by atoms with E-state index in [0.29, 0.717) is 6.04 Å². The Morgan fingerprint density at radius 3 is 2.89 bits per heavy atom. The SMILES string of the molecule is COCCNCc1cnc(N(C)C2CC2)c(C)c1. The van der Waals surface area contributed by atoms with Gasteiger partial charge in [0, 0.05) is 39.5 Å². The van der Waals surface area contributed by atoms with E-state index >= 15 is 0 Å². The second-order valence-electron chi connectivity index (χ2n) is 5.00. The molecule has 0 amide bonds. The number of rotatable bonds is 7. The molecule has 0 saturated heterocycles. The first kappa shape index (κ1) is 13.3. The van der Waals surface area contributed by atoms with Gasteiger partial charge in [-0.2, -0.15) is 0 Å². The molecule has 1 aliphatic rings. The molecule has 2 rings (SSSR count). The van der Waals surface area contributed by atoms with Crippen LogP contribution in [-0.4, -0.2) is 38.3 Å². The molecule has 4 heteroatoms. The fourth-order valence-electron chi connectivity index (χ4n) is 2.13. The van der Waals surface area contributed by atoms with Crippen LogP contribution in [0.15, 0.2) is 12.3 Å². The van der Waals surface area contributed by atoms with Crippen LogP contribution in [0.3, 0.4) is 0 Å². The Morgan fingerprint density at radius 1 is 1.50 bits per heavy atom. The summed E-state index contributed by atoms with van der Waals surface area (Å²) in [5.74, 6) is 1.12. The molecule has 1 aromatic rings. The highest BCUT2D eigenvalue weighted by Crippen LogP contribution is 2.30. The zero-order chi connectivity index (χ0) is 13.0. The smallest absolute Gasteiger partial charge is 0.131 e. The zero-order valence-corrected chi connectivity index (χ0v) is 11.6. The van der Waals surface area contributed by atoms with E-state index in [-0.39, 0.29) is 0 Å². The van der Waals surface area contributed by atoms with Crippen molar-refractivity contribution in [2.75, 3.05) is 32.2 Å². The molecular weight excluding hydrogens is 226 g/mol. The third-order valence-electron chi connectivity index (χ3n) is 3.35. The first-order valence-corrected chi connectivity index (χ1v) is 6.60. The van der Waals surface area contributed by atoms with Crippen molar-refractivity contribution >= 4 is 5.82 Å². The van der Waals surface area contributed by atoms with Gasteiger partial charge < -0.3 is 15.0 Å². The molecule has 1 aromatic heterocycles. The molecule has 100 valence electrons. The van der Waals surface area contributed by atoms with E-state index in [1.807, 2.05) is 6.20 Å². The normalized spacial score (nSPS) is 14.8. The summed E-state index contributed by atoms with van der Waals surface area (Å²) in [6.07, 6.45) is 4.58. The van der Waals surface area contributed by atoms with Gasteiger partial charge in [0.05, 0.1) is 6.61 Å². The molecule has 0 atom stereocenters. The standard InChI is InChI=1S/C14H23N3O/c1-11-8-12(9-15-6-7-18-3)10-16-14(11)17(2)13-4-5-13/h8,10,13,15H,4-7,9H2,1-3H3. The quantitative estimate of drug-likeness (QED) is 0.747. The summed E-state index contributed by atoms with van der Waals surface area (Å²) in [5, 5.41) is 3.34. The van der Waals surface area contributed by atoms with Crippen LogP contribution in [-0.2, 0) is 11.3 Å². The summed E-state index contributed by atoms with van der Waals surface area (Å²) < 4.78 is 5.00. The first-order chi connectivity index (χ1) is 8.72. The van der Waals surface area contributed by atoms with Crippen LogP contribution < -0.4 is 10.2 Å². The molecule has 1 heterocycles. The molecule has 0 spiro atoms. The van der Waals surface area contributed by atoms with Gasteiger partial charge in [0.25, 0.3) is 0 Å². The lowest BCUT2D eigenvalue weighted by molar-refractivity contribution is 0.199. The number of aryl methyl sites for hydroxylation is 1. The van der Waals surface area contributed by atoms with Crippen LogP contribution in [0.4, 0.5) is 5.82 Å². The number of hydrogen-bond acceptors (Lipinski definition) is 4. The molecule has 18 heavy (non-hydrogen) atoms. The molecule has 1 fully saturated rings. The Morgan fingerprint density at radius 2 is 2.28 bits per heavy atom. The van der Waals surface area contributed by atoms with Crippen molar-refractivity contribution in [2.24, 2.45) is 0 Å². The van der Waals surface area contributed by atoms with E-state index in [1.165, 1.54) is 24.0 Å². The third kappa shape index (κ3) is 3.43. The lowest BCUT2D eigenvalue weighted by Crippen LogP contribution is -2.22. The topological polar surface area (TPSA) is 37.4 Å². The van der Waals surface area contributed by atoms with E-state index in [4.69, 9.17) is 4.74 Å². The van der Waals surface area contributed by atoms with Crippen molar-refractivity contribution in [3.05, 3.63) is 23.4 Å². The van der Waals surface area contributed by atoms with Gasteiger partial charge in [0.2, 0.25) is 0 Å². The van der Waals surface area contributed by atoms with E-state index < -0.39 is 0 Å². The summed E-state index contributed by atoms with van der Waals surface area (Å²) in [6, 6.07) is 2.93. The van der Waals surface area contributed by atoms with Crippen molar-refractivity contribution < 1.29 is 4.74 Å². The van der Waals surface area contributed by atoms with E-state index in [0.717, 1.165) is 25.5 Å². The van der Waals surface area contributed by atoms with Crippen molar-refractivity contribution in [1.82, 2.24) is 10.3 Å². The average molecular weight is 249 g/mol. The predicted octanol–water partition coefficient (Wildman–Crippen LogP) is 1.72. The Hall–Kier alpha value is -1.13.